The minimum atomic E-state index is -4.75. The van der Waals surface area contributed by atoms with Gasteiger partial charge in [0.05, 0.1) is 6.04 Å². The van der Waals surface area contributed by atoms with Crippen LogP contribution < -0.4 is 10.5 Å². The molecular weight excluding hydrogens is 287 g/mol. The molecule has 0 radical (unpaired) electrons. The Bertz CT molecular complexity index is 606. The highest BCUT2D eigenvalue weighted by Crippen LogP contribution is 2.29. The van der Waals surface area contributed by atoms with E-state index in [1.165, 1.54) is 24.3 Å². The zero-order valence-electron chi connectivity index (χ0n) is 10.6. The first kappa shape index (κ1) is 15.0. The van der Waals surface area contributed by atoms with E-state index in [9.17, 15) is 23.4 Å². The highest BCUT2D eigenvalue weighted by Gasteiger charge is 2.31. The first-order chi connectivity index (χ1) is 9.74. The normalized spacial score (nSPS) is 13.0. The molecule has 0 aromatic heterocycles. The summed E-state index contributed by atoms with van der Waals surface area (Å²) in [6.45, 7) is 0. The van der Waals surface area contributed by atoms with Crippen LogP contribution in [0.5, 0.6) is 17.2 Å². The maximum atomic E-state index is 12.1. The average molecular weight is 299 g/mol. The van der Waals surface area contributed by atoms with Gasteiger partial charge in [0, 0.05) is 6.07 Å². The molecule has 0 aliphatic rings. The van der Waals surface area contributed by atoms with Crippen molar-refractivity contribution in [3.8, 4) is 17.2 Å². The third-order valence-electron chi connectivity index (χ3n) is 2.76. The Balaban J connectivity index is 2.21. The van der Waals surface area contributed by atoms with Crippen molar-refractivity contribution < 1.29 is 28.1 Å². The number of hydrogen-bond acceptors (Lipinski definition) is 4. The number of nitrogens with two attached hydrogens (primary N) is 1. The molecule has 0 unspecified atom stereocenters. The van der Waals surface area contributed by atoms with E-state index in [4.69, 9.17) is 5.73 Å². The number of halogens is 3. The Hall–Kier alpha value is -2.41. The van der Waals surface area contributed by atoms with Crippen LogP contribution in [0.25, 0.3) is 0 Å². The number of rotatable bonds is 3. The van der Waals surface area contributed by atoms with Crippen molar-refractivity contribution in [3.63, 3.8) is 0 Å². The van der Waals surface area contributed by atoms with Crippen LogP contribution in [0.15, 0.2) is 42.5 Å². The van der Waals surface area contributed by atoms with Gasteiger partial charge >= 0.3 is 6.36 Å². The second-order valence-corrected chi connectivity index (χ2v) is 4.38. The monoisotopic (exact) mass is 299 g/mol. The molecule has 2 rings (SSSR count). The van der Waals surface area contributed by atoms with Crippen LogP contribution in [-0.2, 0) is 0 Å². The van der Waals surface area contributed by atoms with Gasteiger partial charge < -0.3 is 20.7 Å². The Morgan fingerprint density at radius 1 is 0.905 bits per heavy atom. The van der Waals surface area contributed by atoms with E-state index < -0.39 is 12.4 Å². The van der Waals surface area contributed by atoms with Crippen molar-refractivity contribution >= 4 is 0 Å². The van der Waals surface area contributed by atoms with Crippen LogP contribution in [0.3, 0.4) is 0 Å². The second kappa shape index (κ2) is 5.53. The summed E-state index contributed by atoms with van der Waals surface area (Å²) in [5.74, 6) is -0.660. The molecule has 4 nitrogen and oxygen atoms in total. The van der Waals surface area contributed by atoms with Gasteiger partial charge in [-0.1, -0.05) is 12.1 Å². The van der Waals surface area contributed by atoms with Gasteiger partial charge in [0.2, 0.25) is 0 Å². The fourth-order valence-corrected chi connectivity index (χ4v) is 1.87. The van der Waals surface area contributed by atoms with Crippen molar-refractivity contribution in [2.45, 2.75) is 12.4 Å². The molecule has 0 amide bonds. The zero-order valence-corrected chi connectivity index (χ0v) is 10.6. The number of aromatic hydroxyl groups is 2. The molecule has 0 saturated heterocycles. The molecule has 4 N–H and O–H groups in total. The van der Waals surface area contributed by atoms with E-state index in [-0.39, 0.29) is 17.2 Å². The number of phenols is 2. The summed E-state index contributed by atoms with van der Waals surface area (Å²) in [6.07, 6.45) is -4.75. The third kappa shape index (κ3) is 4.03. The van der Waals surface area contributed by atoms with E-state index in [0.29, 0.717) is 11.1 Å². The molecular formula is C14H12F3NO3. The minimum Gasteiger partial charge on any atom is -0.508 e. The van der Waals surface area contributed by atoms with E-state index in [1.807, 2.05) is 0 Å². The van der Waals surface area contributed by atoms with Gasteiger partial charge in [0.25, 0.3) is 0 Å². The van der Waals surface area contributed by atoms with Gasteiger partial charge in [-0.3, -0.25) is 0 Å². The molecule has 0 aliphatic heterocycles. The Morgan fingerprint density at radius 3 is 1.90 bits per heavy atom. The van der Waals surface area contributed by atoms with Crippen LogP contribution in [0.4, 0.5) is 13.2 Å². The molecule has 1 atom stereocenters. The molecule has 2 aromatic rings. The van der Waals surface area contributed by atoms with Gasteiger partial charge in [-0.2, -0.15) is 0 Å². The zero-order chi connectivity index (χ0) is 15.6. The van der Waals surface area contributed by atoms with Crippen LogP contribution in [0.2, 0.25) is 0 Å². The lowest BCUT2D eigenvalue weighted by Gasteiger charge is -2.14. The topological polar surface area (TPSA) is 75.7 Å². The number of hydrogen-bond donors (Lipinski definition) is 3. The summed E-state index contributed by atoms with van der Waals surface area (Å²) in [7, 11) is 0. The average Bonchev–Trinajstić information content (AvgIpc) is 2.35. The van der Waals surface area contributed by atoms with Crippen LogP contribution in [-0.4, -0.2) is 16.6 Å². The largest absolute Gasteiger partial charge is 0.573 e. The predicted octanol–water partition coefficient (Wildman–Crippen LogP) is 3.04. The number of ether oxygens (including phenoxy) is 1. The van der Waals surface area contributed by atoms with Gasteiger partial charge in [-0.25, -0.2) is 0 Å². The Kier molecular flexibility index (Phi) is 3.95. The molecule has 0 fully saturated rings. The maximum Gasteiger partial charge on any atom is 0.573 e. The summed E-state index contributed by atoms with van der Waals surface area (Å²) in [6, 6.07) is 8.23. The van der Waals surface area contributed by atoms with Crippen LogP contribution >= 0.6 is 0 Å². The molecule has 2 aromatic carbocycles. The number of benzene rings is 2. The van der Waals surface area contributed by atoms with E-state index in [0.717, 1.165) is 18.2 Å². The van der Waals surface area contributed by atoms with E-state index in [1.54, 1.807) is 0 Å². The first-order valence-corrected chi connectivity index (χ1v) is 5.89. The van der Waals surface area contributed by atoms with Crippen LogP contribution in [0, 0.1) is 0 Å². The van der Waals surface area contributed by atoms with Gasteiger partial charge in [-0.15, -0.1) is 13.2 Å². The quantitative estimate of drug-likeness (QED) is 0.814. The molecule has 0 heterocycles. The van der Waals surface area contributed by atoms with Gasteiger partial charge in [0.15, 0.2) is 0 Å². The molecule has 0 spiro atoms. The first-order valence-electron chi connectivity index (χ1n) is 5.89. The van der Waals surface area contributed by atoms with Crippen LogP contribution in [0.1, 0.15) is 17.2 Å². The lowest BCUT2D eigenvalue weighted by atomic mass is 9.99. The highest BCUT2D eigenvalue weighted by molar-refractivity contribution is 5.42. The summed E-state index contributed by atoms with van der Waals surface area (Å²) >= 11 is 0. The van der Waals surface area contributed by atoms with Gasteiger partial charge in [-0.05, 0) is 35.4 Å². The van der Waals surface area contributed by atoms with E-state index >= 15 is 0 Å². The molecule has 112 valence electrons. The van der Waals surface area contributed by atoms with Crippen molar-refractivity contribution in [1.29, 1.82) is 0 Å². The number of phenolic OH excluding ortho intramolecular Hbond substituents is 2. The fraction of sp³-hybridized carbons (Fsp3) is 0.143. The predicted molar refractivity (Wildman–Crippen MR) is 68.9 cm³/mol. The molecule has 0 aliphatic carbocycles. The van der Waals surface area contributed by atoms with Gasteiger partial charge in [0.1, 0.15) is 17.2 Å². The highest BCUT2D eigenvalue weighted by atomic mass is 19.4. The standard InChI is InChI=1S/C14H12F3NO3/c15-14(16,17)21-12-3-1-8(2-4-12)13(18)9-5-10(19)7-11(20)6-9/h1-7,13,19-20H,18H2/t13-/m0/s1. The summed E-state index contributed by atoms with van der Waals surface area (Å²) in [5.41, 5.74) is 6.88. The minimum absolute atomic E-state index is 0.155. The Morgan fingerprint density at radius 2 is 1.43 bits per heavy atom. The maximum absolute atomic E-state index is 12.1. The molecule has 7 heteroatoms. The van der Waals surface area contributed by atoms with E-state index in [2.05, 4.69) is 4.74 Å². The molecule has 21 heavy (non-hydrogen) atoms. The van der Waals surface area contributed by atoms with Crippen molar-refractivity contribution in [1.82, 2.24) is 0 Å². The molecule has 0 saturated carbocycles. The summed E-state index contributed by atoms with van der Waals surface area (Å²) < 4.78 is 39.9. The fourth-order valence-electron chi connectivity index (χ4n) is 1.87. The van der Waals surface area contributed by atoms with Crippen molar-refractivity contribution in [2.24, 2.45) is 5.73 Å². The Labute approximate surface area is 118 Å². The van der Waals surface area contributed by atoms with Crippen molar-refractivity contribution in [2.75, 3.05) is 0 Å². The number of alkyl halides is 3. The lowest BCUT2D eigenvalue weighted by Crippen LogP contribution is -2.17. The smallest absolute Gasteiger partial charge is 0.508 e. The third-order valence-corrected chi connectivity index (χ3v) is 2.76. The molecule has 0 bridgehead atoms. The summed E-state index contributed by atoms with van der Waals surface area (Å²) in [5, 5.41) is 18.8. The van der Waals surface area contributed by atoms with Crippen molar-refractivity contribution in [3.05, 3.63) is 53.6 Å². The lowest BCUT2D eigenvalue weighted by molar-refractivity contribution is -0.274. The second-order valence-electron chi connectivity index (χ2n) is 4.38. The SMILES string of the molecule is N[C@@H](c1ccc(OC(F)(F)F)cc1)c1cc(O)cc(O)c1. The summed E-state index contributed by atoms with van der Waals surface area (Å²) in [4.78, 5) is 0.